The Hall–Kier alpha value is -1.62. The third-order valence-corrected chi connectivity index (χ3v) is 3.32. The van der Waals surface area contributed by atoms with Gasteiger partial charge in [0, 0.05) is 19.2 Å². The minimum absolute atomic E-state index is 0.0530. The summed E-state index contributed by atoms with van der Waals surface area (Å²) in [5.41, 5.74) is 6.00. The number of amides is 1. The number of pyridine rings is 1. The van der Waals surface area contributed by atoms with Crippen LogP contribution in [0.5, 0.6) is 0 Å². The maximum atomic E-state index is 12.3. The van der Waals surface area contributed by atoms with Crippen molar-refractivity contribution < 1.29 is 9.90 Å². The van der Waals surface area contributed by atoms with Crippen LogP contribution in [-0.4, -0.2) is 40.1 Å². The van der Waals surface area contributed by atoms with E-state index in [0.29, 0.717) is 11.5 Å². The number of aliphatic hydroxyl groups is 1. The molecule has 18 heavy (non-hydrogen) atoms. The van der Waals surface area contributed by atoms with Gasteiger partial charge in [0.25, 0.3) is 5.91 Å². The van der Waals surface area contributed by atoms with E-state index >= 15 is 0 Å². The third kappa shape index (κ3) is 2.79. The number of anilines is 1. The van der Waals surface area contributed by atoms with Crippen molar-refractivity contribution in [2.24, 2.45) is 0 Å². The van der Waals surface area contributed by atoms with Crippen molar-refractivity contribution in [1.82, 2.24) is 9.88 Å². The summed E-state index contributed by atoms with van der Waals surface area (Å²) in [5, 5.41) is 8.87. The van der Waals surface area contributed by atoms with Crippen molar-refractivity contribution in [2.75, 3.05) is 18.9 Å². The van der Waals surface area contributed by atoms with Crippen LogP contribution >= 0.6 is 0 Å². The fourth-order valence-corrected chi connectivity index (χ4v) is 2.45. The maximum absolute atomic E-state index is 12.3. The molecule has 1 fully saturated rings. The maximum Gasteiger partial charge on any atom is 0.272 e. The van der Waals surface area contributed by atoms with Crippen LogP contribution in [0.2, 0.25) is 0 Å². The zero-order chi connectivity index (χ0) is 13.0. The van der Waals surface area contributed by atoms with E-state index in [1.54, 1.807) is 18.2 Å². The summed E-state index contributed by atoms with van der Waals surface area (Å²) in [5.74, 6) is 0.315. The average molecular weight is 249 g/mol. The van der Waals surface area contributed by atoms with Crippen LogP contribution in [0.4, 0.5) is 5.82 Å². The lowest BCUT2D eigenvalue weighted by molar-refractivity contribution is 0.0718. The highest BCUT2D eigenvalue weighted by Crippen LogP contribution is 2.23. The van der Waals surface area contributed by atoms with Crippen molar-refractivity contribution >= 4 is 11.7 Å². The molecule has 5 heteroatoms. The molecular weight excluding hydrogens is 230 g/mol. The first-order chi connectivity index (χ1) is 8.72. The molecule has 5 nitrogen and oxygen atoms in total. The fourth-order valence-electron chi connectivity index (χ4n) is 2.45. The summed E-state index contributed by atoms with van der Waals surface area (Å²) >= 11 is 0. The van der Waals surface area contributed by atoms with Gasteiger partial charge in [0.05, 0.1) is 0 Å². The van der Waals surface area contributed by atoms with E-state index in [2.05, 4.69) is 4.98 Å². The summed E-state index contributed by atoms with van der Waals surface area (Å²) in [4.78, 5) is 18.2. The molecule has 2 rings (SSSR count). The molecule has 0 aromatic carbocycles. The molecule has 98 valence electrons. The van der Waals surface area contributed by atoms with Crippen molar-refractivity contribution in [3.8, 4) is 0 Å². The molecule has 3 N–H and O–H groups in total. The predicted molar refractivity (Wildman–Crippen MR) is 69.0 cm³/mol. The monoisotopic (exact) mass is 249 g/mol. The van der Waals surface area contributed by atoms with Gasteiger partial charge in [0.15, 0.2) is 0 Å². The minimum atomic E-state index is -0.0530. The van der Waals surface area contributed by atoms with Gasteiger partial charge in [-0.3, -0.25) is 4.79 Å². The number of aliphatic hydroxyl groups excluding tert-OH is 1. The smallest absolute Gasteiger partial charge is 0.272 e. The van der Waals surface area contributed by atoms with Gasteiger partial charge in [-0.1, -0.05) is 6.07 Å². The van der Waals surface area contributed by atoms with E-state index in [0.717, 1.165) is 32.2 Å². The fraction of sp³-hybridized carbons (Fsp3) is 0.538. The summed E-state index contributed by atoms with van der Waals surface area (Å²) < 4.78 is 0. The van der Waals surface area contributed by atoms with E-state index < -0.39 is 0 Å². The topological polar surface area (TPSA) is 79.5 Å². The normalized spacial score (nSPS) is 19.2. The number of rotatable bonds is 4. The van der Waals surface area contributed by atoms with E-state index in [-0.39, 0.29) is 18.6 Å². The zero-order valence-corrected chi connectivity index (χ0v) is 10.4. The van der Waals surface area contributed by atoms with Crippen molar-refractivity contribution in [2.45, 2.75) is 31.7 Å². The first kappa shape index (κ1) is 12.8. The minimum Gasteiger partial charge on any atom is -0.396 e. The Morgan fingerprint density at radius 1 is 1.56 bits per heavy atom. The van der Waals surface area contributed by atoms with E-state index in [1.165, 1.54) is 0 Å². The first-order valence-corrected chi connectivity index (χ1v) is 6.36. The lowest BCUT2D eigenvalue weighted by Crippen LogP contribution is -2.36. The van der Waals surface area contributed by atoms with Gasteiger partial charge < -0.3 is 15.7 Å². The number of hydrogen-bond donors (Lipinski definition) is 2. The highest BCUT2D eigenvalue weighted by atomic mass is 16.3. The molecule has 1 aromatic rings. The van der Waals surface area contributed by atoms with Crippen molar-refractivity contribution in [3.05, 3.63) is 23.9 Å². The highest BCUT2D eigenvalue weighted by Gasteiger charge is 2.29. The molecule has 0 spiro atoms. The number of carbonyl (C=O) groups is 1. The van der Waals surface area contributed by atoms with E-state index in [4.69, 9.17) is 10.8 Å². The Morgan fingerprint density at radius 2 is 2.39 bits per heavy atom. The molecule has 0 bridgehead atoms. The number of hydrogen-bond acceptors (Lipinski definition) is 4. The molecule has 0 aliphatic carbocycles. The largest absolute Gasteiger partial charge is 0.396 e. The Labute approximate surface area is 107 Å². The second-order valence-electron chi connectivity index (χ2n) is 4.61. The Bertz CT molecular complexity index is 422. The number of aromatic nitrogens is 1. The van der Waals surface area contributed by atoms with Crippen LogP contribution in [0.3, 0.4) is 0 Å². The van der Waals surface area contributed by atoms with Gasteiger partial charge in [-0.05, 0) is 37.8 Å². The molecule has 0 saturated carbocycles. The van der Waals surface area contributed by atoms with E-state index in [1.807, 2.05) is 4.90 Å². The molecule has 0 radical (unpaired) electrons. The summed E-state index contributed by atoms with van der Waals surface area (Å²) in [6, 6.07) is 5.34. The number of likely N-dealkylation sites (tertiary alicyclic amines) is 1. The quantitative estimate of drug-likeness (QED) is 0.835. The molecule has 1 amide bonds. The van der Waals surface area contributed by atoms with Crippen LogP contribution in [0.25, 0.3) is 0 Å². The second kappa shape index (κ2) is 5.82. The standard InChI is InChI=1S/C13H19N3O2/c14-12-7-1-6-11(15-12)13(18)16-8-2-4-10(16)5-3-9-17/h1,6-7,10,17H,2-5,8-9H2,(H2,14,15). The van der Waals surface area contributed by atoms with Gasteiger partial charge in [0.1, 0.15) is 11.5 Å². The van der Waals surface area contributed by atoms with Crippen molar-refractivity contribution in [3.63, 3.8) is 0 Å². The number of nitrogen functional groups attached to an aromatic ring is 1. The second-order valence-corrected chi connectivity index (χ2v) is 4.61. The van der Waals surface area contributed by atoms with Crippen LogP contribution in [-0.2, 0) is 0 Å². The lowest BCUT2D eigenvalue weighted by atomic mass is 10.1. The van der Waals surface area contributed by atoms with Crippen LogP contribution in [0.1, 0.15) is 36.2 Å². The predicted octanol–water partition coefficient (Wildman–Crippen LogP) is 1.04. The van der Waals surface area contributed by atoms with Gasteiger partial charge in [-0.15, -0.1) is 0 Å². The molecule has 1 aliphatic rings. The summed E-state index contributed by atoms with van der Waals surface area (Å²) in [7, 11) is 0. The van der Waals surface area contributed by atoms with Crippen molar-refractivity contribution in [1.29, 1.82) is 0 Å². The zero-order valence-electron chi connectivity index (χ0n) is 10.4. The molecule has 1 atom stereocenters. The molecule has 1 aliphatic heterocycles. The molecular formula is C13H19N3O2. The first-order valence-electron chi connectivity index (χ1n) is 6.36. The van der Waals surface area contributed by atoms with Crippen LogP contribution in [0, 0.1) is 0 Å². The molecule has 1 saturated heterocycles. The Morgan fingerprint density at radius 3 is 3.11 bits per heavy atom. The van der Waals surface area contributed by atoms with Gasteiger partial charge in [-0.2, -0.15) is 0 Å². The number of nitrogens with zero attached hydrogens (tertiary/aromatic N) is 2. The number of nitrogens with two attached hydrogens (primary N) is 1. The SMILES string of the molecule is Nc1cccc(C(=O)N2CCCC2CCCO)n1. The molecule has 1 unspecified atom stereocenters. The van der Waals surface area contributed by atoms with E-state index in [9.17, 15) is 4.79 Å². The third-order valence-electron chi connectivity index (χ3n) is 3.32. The summed E-state index contributed by atoms with van der Waals surface area (Å²) in [6.07, 6.45) is 3.61. The van der Waals surface area contributed by atoms with Gasteiger partial charge >= 0.3 is 0 Å². The Balaban J connectivity index is 2.08. The number of carbonyl (C=O) groups excluding carboxylic acids is 1. The Kier molecular flexibility index (Phi) is 4.15. The van der Waals surface area contributed by atoms with Crippen LogP contribution in [0.15, 0.2) is 18.2 Å². The molecule has 2 heterocycles. The molecule has 1 aromatic heterocycles. The van der Waals surface area contributed by atoms with Crippen LogP contribution < -0.4 is 5.73 Å². The highest BCUT2D eigenvalue weighted by molar-refractivity contribution is 5.93. The lowest BCUT2D eigenvalue weighted by Gasteiger charge is -2.24. The average Bonchev–Trinajstić information content (AvgIpc) is 2.83. The van der Waals surface area contributed by atoms with Gasteiger partial charge in [0.2, 0.25) is 0 Å². The summed E-state index contributed by atoms with van der Waals surface area (Å²) in [6.45, 7) is 0.945. The van der Waals surface area contributed by atoms with Gasteiger partial charge in [-0.25, -0.2) is 4.98 Å².